The summed E-state index contributed by atoms with van der Waals surface area (Å²) in [5.41, 5.74) is 0. The van der Waals surface area contributed by atoms with Gasteiger partial charge in [-0.2, -0.15) is 0 Å². The van der Waals surface area contributed by atoms with Crippen molar-refractivity contribution in [1.29, 1.82) is 0 Å². The third-order valence-electron chi connectivity index (χ3n) is 1.52. The Balaban J connectivity index is 2.21. The molecule has 3 heteroatoms. The lowest BCUT2D eigenvalue weighted by Crippen LogP contribution is -2.38. The molecule has 0 aromatic carbocycles. The van der Waals surface area contributed by atoms with Gasteiger partial charge in [-0.3, -0.25) is 5.32 Å². The van der Waals surface area contributed by atoms with Crippen LogP contribution in [0.2, 0.25) is 0 Å². The van der Waals surface area contributed by atoms with Crippen LogP contribution in [0.3, 0.4) is 0 Å². The van der Waals surface area contributed by atoms with Gasteiger partial charge in [0.25, 0.3) is 0 Å². The van der Waals surface area contributed by atoms with Gasteiger partial charge in [0.15, 0.2) is 0 Å². The van der Waals surface area contributed by atoms with Gasteiger partial charge < -0.3 is 9.84 Å². The first-order chi connectivity index (χ1) is 4.84. The first-order valence-electron chi connectivity index (χ1n) is 3.27. The third kappa shape index (κ3) is 1.71. The van der Waals surface area contributed by atoms with Gasteiger partial charge in [0, 0.05) is 0 Å². The van der Waals surface area contributed by atoms with E-state index in [1.807, 2.05) is 0 Å². The molecule has 0 aliphatic carbocycles. The number of aliphatic hydroxyl groups is 1. The summed E-state index contributed by atoms with van der Waals surface area (Å²) in [5, 5.41) is 12.1. The lowest BCUT2D eigenvalue weighted by molar-refractivity contribution is 0.123. The highest BCUT2D eigenvalue weighted by Gasteiger charge is 2.24. The van der Waals surface area contributed by atoms with Crippen molar-refractivity contribution >= 4 is 0 Å². The molecule has 56 valence electrons. The minimum absolute atomic E-state index is 0.0241. The van der Waals surface area contributed by atoms with E-state index in [2.05, 4.69) is 11.2 Å². The van der Waals surface area contributed by atoms with Crippen molar-refractivity contribution in [2.75, 3.05) is 19.8 Å². The number of terminal acetylenes is 1. The van der Waals surface area contributed by atoms with Gasteiger partial charge in [-0.15, -0.1) is 6.42 Å². The minimum atomic E-state index is -0.395. The minimum Gasteiger partial charge on any atom is -0.389 e. The molecule has 3 nitrogen and oxygen atoms in total. The highest BCUT2D eigenvalue weighted by Crippen LogP contribution is 2.03. The molecular formula is C7H11NO2. The van der Waals surface area contributed by atoms with Gasteiger partial charge in [-0.05, 0) is 0 Å². The van der Waals surface area contributed by atoms with E-state index in [9.17, 15) is 0 Å². The van der Waals surface area contributed by atoms with Crippen LogP contribution in [0.4, 0.5) is 0 Å². The van der Waals surface area contributed by atoms with E-state index < -0.39 is 6.10 Å². The average molecular weight is 141 g/mol. The molecule has 0 bridgehead atoms. The van der Waals surface area contributed by atoms with E-state index in [4.69, 9.17) is 16.3 Å². The maximum absolute atomic E-state index is 9.16. The predicted molar refractivity (Wildman–Crippen MR) is 37.4 cm³/mol. The van der Waals surface area contributed by atoms with E-state index in [0.717, 1.165) is 0 Å². The summed E-state index contributed by atoms with van der Waals surface area (Å²) in [6, 6.07) is 0.0241. The first kappa shape index (κ1) is 7.55. The van der Waals surface area contributed by atoms with Crippen LogP contribution in [0, 0.1) is 12.3 Å². The fourth-order valence-corrected chi connectivity index (χ4v) is 0.928. The molecule has 0 aromatic rings. The van der Waals surface area contributed by atoms with Gasteiger partial charge in [0.1, 0.15) is 0 Å². The van der Waals surface area contributed by atoms with Crippen LogP contribution in [0.15, 0.2) is 0 Å². The normalized spacial score (nSPS) is 32.0. The van der Waals surface area contributed by atoms with Gasteiger partial charge in [0.05, 0.1) is 31.9 Å². The SMILES string of the molecule is C#CCN[C@@H]1COC[C@H]1O. The molecule has 0 aromatic heterocycles. The smallest absolute Gasteiger partial charge is 0.0948 e. The van der Waals surface area contributed by atoms with Crippen molar-refractivity contribution in [2.45, 2.75) is 12.1 Å². The Morgan fingerprint density at radius 3 is 3.00 bits per heavy atom. The number of rotatable bonds is 2. The lowest BCUT2D eigenvalue weighted by Gasteiger charge is -2.11. The molecule has 1 aliphatic rings. The Labute approximate surface area is 60.4 Å². The van der Waals surface area contributed by atoms with Gasteiger partial charge in [0.2, 0.25) is 0 Å². The van der Waals surface area contributed by atoms with Crippen molar-refractivity contribution in [2.24, 2.45) is 0 Å². The summed E-state index contributed by atoms with van der Waals surface area (Å²) in [6.07, 6.45) is 4.62. The molecule has 0 spiro atoms. The van der Waals surface area contributed by atoms with Crippen LogP contribution in [-0.4, -0.2) is 37.0 Å². The molecule has 1 aliphatic heterocycles. The number of nitrogens with one attached hydrogen (secondary N) is 1. The number of aliphatic hydroxyl groups excluding tert-OH is 1. The zero-order valence-corrected chi connectivity index (χ0v) is 5.71. The van der Waals surface area contributed by atoms with Crippen molar-refractivity contribution in [3.8, 4) is 12.3 Å². The van der Waals surface area contributed by atoms with Gasteiger partial charge >= 0.3 is 0 Å². The number of ether oxygens (including phenoxy) is 1. The fraction of sp³-hybridized carbons (Fsp3) is 0.714. The topological polar surface area (TPSA) is 41.5 Å². The first-order valence-corrected chi connectivity index (χ1v) is 3.27. The number of hydrogen-bond acceptors (Lipinski definition) is 3. The van der Waals surface area contributed by atoms with Gasteiger partial charge in [-0.25, -0.2) is 0 Å². The van der Waals surface area contributed by atoms with Crippen LogP contribution in [-0.2, 0) is 4.74 Å². The Bertz CT molecular complexity index is 141. The Morgan fingerprint density at radius 1 is 1.70 bits per heavy atom. The van der Waals surface area contributed by atoms with Gasteiger partial charge in [-0.1, -0.05) is 5.92 Å². The van der Waals surface area contributed by atoms with Crippen molar-refractivity contribution < 1.29 is 9.84 Å². The summed E-state index contributed by atoms with van der Waals surface area (Å²) < 4.78 is 4.99. The summed E-state index contributed by atoms with van der Waals surface area (Å²) in [5.74, 6) is 2.44. The second-order valence-electron chi connectivity index (χ2n) is 2.30. The summed E-state index contributed by atoms with van der Waals surface area (Å²) >= 11 is 0. The van der Waals surface area contributed by atoms with E-state index in [1.54, 1.807) is 0 Å². The van der Waals surface area contributed by atoms with Crippen molar-refractivity contribution in [3.63, 3.8) is 0 Å². The zero-order valence-electron chi connectivity index (χ0n) is 5.71. The largest absolute Gasteiger partial charge is 0.389 e. The predicted octanol–water partition coefficient (Wildman–Crippen LogP) is -1.03. The maximum atomic E-state index is 9.16. The molecule has 2 atom stereocenters. The molecule has 0 unspecified atom stereocenters. The standard InChI is InChI=1S/C7H11NO2/c1-2-3-8-6-4-10-5-7(6)9/h1,6-9H,3-5H2/t6-,7-/m1/s1. The average Bonchev–Trinajstić information content (AvgIpc) is 2.31. The fourth-order valence-electron chi connectivity index (χ4n) is 0.928. The molecule has 0 saturated carbocycles. The molecular weight excluding hydrogens is 130 g/mol. The Morgan fingerprint density at radius 2 is 2.50 bits per heavy atom. The van der Waals surface area contributed by atoms with E-state index in [1.165, 1.54) is 0 Å². The second kappa shape index (κ2) is 3.57. The zero-order chi connectivity index (χ0) is 7.40. The molecule has 0 amide bonds. The quantitative estimate of drug-likeness (QED) is 0.483. The van der Waals surface area contributed by atoms with Crippen LogP contribution in [0.25, 0.3) is 0 Å². The molecule has 1 heterocycles. The highest BCUT2D eigenvalue weighted by molar-refractivity contribution is 4.91. The second-order valence-corrected chi connectivity index (χ2v) is 2.30. The number of hydrogen-bond donors (Lipinski definition) is 2. The van der Waals surface area contributed by atoms with E-state index in [0.29, 0.717) is 19.8 Å². The molecule has 2 N–H and O–H groups in total. The molecule has 1 rings (SSSR count). The van der Waals surface area contributed by atoms with E-state index >= 15 is 0 Å². The lowest BCUT2D eigenvalue weighted by atomic mass is 10.2. The Hall–Kier alpha value is -0.560. The summed E-state index contributed by atoms with van der Waals surface area (Å²) in [7, 11) is 0. The van der Waals surface area contributed by atoms with Crippen molar-refractivity contribution in [1.82, 2.24) is 5.32 Å². The van der Waals surface area contributed by atoms with Crippen molar-refractivity contribution in [3.05, 3.63) is 0 Å². The third-order valence-corrected chi connectivity index (χ3v) is 1.52. The molecule has 10 heavy (non-hydrogen) atoms. The maximum Gasteiger partial charge on any atom is 0.0948 e. The van der Waals surface area contributed by atoms with E-state index in [-0.39, 0.29) is 6.04 Å². The summed E-state index contributed by atoms with van der Waals surface area (Å²) in [6.45, 7) is 1.47. The Kier molecular flexibility index (Phi) is 2.69. The molecule has 0 radical (unpaired) electrons. The van der Waals surface area contributed by atoms with Crippen LogP contribution >= 0.6 is 0 Å². The monoisotopic (exact) mass is 141 g/mol. The van der Waals surface area contributed by atoms with Crippen LogP contribution in [0.5, 0.6) is 0 Å². The molecule has 1 saturated heterocycles. The van der Waals surface area contributed by atoms with Crippen LogP contribution < -0.4 is 5.32 Å². The van der Waals surface area contributed by atoms with Crippen LogP contribution in [0.1, 0.15) is 0 Å². The molecule has 1 fully saturated rings. The summed E-state index contributed by atoms with van der Waals surface area (Å²) in [4.78, 5) is 0. The highest BCUT2D eigenvalue weighted by atomic mass is 16.5.